The molecule has 0 saturated carbocycles. The second-order valence-electron chi connectivity index (χ2n) is 4.98. The van der Waals surface area contributed by atoms with Gasteiger partial charge in [-0.25, -0.2) is 0 Å². The SMILES string of the molecule is C(=NNc1ccccc1)c1cccc[n+]1Cc1ccccc1. The number of nitrogens with zero attached hydrogens (tertiary/aromatic N) is 2. The van der Waals surface area contributed by atoms with Crippen LogP contribution in [0.2, 0.25) is 0 Å². The van der Waals surface area contributed by atoms with Crippen LogP contribution in [0.15, 0.2) is 90.2 Å². The van der Waals surface area contributed by atoms with Gasteiger partial charge in [0.15, 0.2) is 12.7 Å². The zero-order valence-corrected chi connectivity index (χ0v) is 12.3. The van der Waals surface area contributed by atoms with E-state index in [-0.39, 0.29) is 0 Å². The first-order chi connectivity index (χ1) is 10.9. The van der Waals surface area contributed by atoms with E-state index in [1.165, 1.54) is 5.56 Å². The Bertz CT molecular complexity index is 737. The first-order valence-electron chi connectivity index (χ1n) is 7.28. The molecule has 0 atom stereocenters. The van der Waals surface area contributed by atoms with E-state index in [2.05, 4.69) is 51.6 Å². The molecule has 0 saturated heterocycles. The van der Waals surface area contributed by atoms with Gasteiger partial charge < -0.3 is 0 Å². The first-order valence-corrected chi connectivity index (χ1v) is 7.28. The highest BCUT2D eigenvalue weighted by Crippen LogP contribution is 2.04. The highest BCUT2D eigenvalue weighted by Gasteiger charge is 2.07. The summed E-state index contributed by atoms with van der Waals surface area (Å²) in [5.41, 5.74) is 6.34. The van der Waals surface area contributed by atoms with Crippen molar-refractivity contribution in [3.05, 3.63) is 96.3 Å². The molecule has 0 aliphatic rings. The van der Waals surface area contributed by atoms with E-state index < -0.39 is 0 Å². The average molecular weight is 288 g/mol. The maximum Gasteiger partial charge on any atom is 0.225 e. The topological polar surface area (TPSA) is 28.3 Å². The fraction of sp³-hybridized carbons (Fsp3) is 0.0526. The molecule has 22 heavy (non-hydrogen) atoms. The summed E-state index contributed by atoms with van der Waals surface area (Å²) in [7, 11) is 0. The molecule has 3 heteroatoms. The van der Waals surface area contributed by atoms with Crippen LogP contribution in [0.4, 0.5) is 5.69 Å². The van der Waals surface area contributed by atoms with Gasteiger partial charge in [0, 0.05) is 17.7 Å². The second-order valence-corrected chi connectivity index (χ2v) is 4.98. The predicted octanol–water partition coefficient (Wildman–Crippen LogP) is 3.47. The molecule has 0 radical (unpaired) electrons. The number of hydrogen-bond donors (Lipinski definition) is 1. The summed E-state index contributed by atoms with van der Waals surface area (Å²) in [6.07, 6.45) is 3.91. The zero-order chi connectivity index (χ0) is 15.0. The fourth-order valence-corrected chi connectivity index (χ4v) is 2.22. The van der Waals surface area contributed by atoms with Crippen molar-refractivity contribution in [1.29, 1.82) is 0 Å². The normalized spacial score (nSPS) is 10.7. The number of hydrogen-bond acceptors (Lipinski definition) is 2. The zero-order valence-electron chi connectivity index (χ0n) is 12.3. The Balaban J connectivity index is 1.74. The molecule has 3 nitrogen and oxygen atoms in total. The number of benzene rings is 2. The van der Waals surface area contributed by atoms with E-state index in [0.717, 1.165) is 17.9 Å². The lowest BCUT2D eigenvalue weighted by atomic mass is 10.2. The van der Waals surface area contributed by atoms with Crippen LogP contribution in [0, 0.1) is 0 Å². The van der Waals surface area contributed by atoms with Gasteiger partial charge in [0.05, 0.1) is 5.69 Å². The molecule has 1 N–H and O–H groups in total. The minimum Gasteiger partial charge on any atom is -0.278 e. The number of aromatic nitrogens is 1. The third kappa shape index (κ3) is 3.79. The van der Waals surface area contributed by atoms with Crippen molar-refractivity contribution in [2.75, 3.05) is 5.43 Å². The maximum atomic E-state index is 4.32. The number of para-hydroxylation sites is 1. The smallest absolute Gasteiger partial charge is 0.225 e. The number of nitrogens with one attached hydrogen (secondary N) is 1. The van der Waals surface area contributed by atoms with Crippen LogP contribution < -0.4 is 9.99 Å². The largest absolute Gasteiger partial charge is 0.278 e. The van der Waals surface area contributed by atoms with E-state index >= 15 is 0 Å². The van der Waals surface area contributed by atoms with Crippen molar-refractivity contribution in [3.63, 3.8) is 0 Å². The Kier molecular flexibility index (Phi) is 4.57. The molecule has 0 aliphatic carbocycles. The Labute approximate surface area is 130 Å². The quantitative estimate of drug-likeness (QED) is 0.434. The minimum atomic E-state index is 0.828. The molecule has 3 rings (SSSR count). The Morgan fingerprint density at radius 2 is 1.50 bits per heavy atom. The van der Waals surface area contributed by atoms with E-state index in [1.807, 2.05) is 54.7 Å². The average Bonchev–Trinajstić information content (AvgIpc) is 2.58. The van der Waals surface area contributed by atoms with Gasteiger partial charge in [-0.3, -0.25) is 5.43 Å². The lowest BCUT2D eigenvalue weighted by Gasteiger charge is -2.01. The molecule has 0 bridgehead atoms. The van der Waals surface area contributed by atoms with Crippen LogP contribution in [0.25, 0.3) is 0 Å². The third-order valence-corrected chi connectivity index (χ3v) is 3.34. The summed E-state index contributed by atoms with van der Waals surface area (Å²) >= 11 is 0. The molecule has 0 amide bonds. The number of anilines is 1. The molecule has 1 heterocycles. The predicted molar refractivity (Wildman–Crippen MR) is 89.8 cm³/mol. The van der Waals surface area contributed by atoms with E-state index in [9.17, 15) is 0 Å². The lowest BCUT2D eigenvalue weighted by Crippen LogP contribution is -2.38. The van der Waals surface area contributed by atoms with Crippen molar-refractivity contribution < 1.29 is 4.57 Å². The van der Waals surface area contributed by atoms with Gasteiger partial charge in [0.2, 0.25) is 5.69 Å². The molecular weight excluding hydrogens is 270 g/mol. The molecule has 3 aromatic rings. The van der Waals surface area contributed by atoms with Gasteiger partial charge in [-0.15, -0.1) is 0 Å². The monoisotopic (exact) mass is 288 g/mol. The lowest BCUT2D eigenvalue weighted by molar-refractivity contribution is -0.689. The van der Waals surface area contributed by atoms with Crippen LogP contribution in [0.3, 0.4) is 0 Å². The summed E-state index contributed by atoms with van der Waals surface area (Å²) in [5, 5.41) is 4.32. The van der Waals surface area contributed by atoms with Gasteiger partial charge in [0.25, 0.3) is 0 Å². The molecule has 0 spiro atoms. The van der Waals surface area contributed by atoms with Crippen molar-refractivity contribution >= 4 is 11.9 Å². The second kappa shape index (κ2) is 7.18. The summed E-state index contributed by atoms with van der Waals surface area (Å²) in [4.78, 5) is 0. The molecular formula is C19H18N3+. The summed E-state index contributed by atoms with van der Waals surface area (Å²) in [6, 6.07) is 26.4. The number of rotatable bonds is 5. The van der Waals surface area contributed by atoms with Gasteiger partial charge in [-0.05, 0) is 18.2 Å². The van der Waals surface area contributed by atoms with E-state index in [1.54, 1.807) is 0 Å². The number of hydrazone groups is 1. The Hall–Kier alpha value is -2.94. The molecule has 0 fully saturated rings. The van der Waals surface area contributed by atoms with Gasteiger partial charge >= 0.3 is 0 Å². The molecule has 0 aliphatic heterocycles. The molecule has 108 valence electrons. The summed E-state index contributed by atoms with van der Waals surface area (Å²) < 4.78 is 2.17. The third-order valence-electron chi connectivity index (χ3n) is 3.34. The van der Waals surface area contributed by atoms with Gasteiger partial charge in [-0.2, -0.15) is 9.67 Å². The van der Waals surface area contributed by atoms with Crippen LogP contribution in [-0.4, -0.2) is 6.21 Å². The maximum absolute atomic E-state index is 4.32. The van der Waals surface area contributed by atoms with Crippen LogP contribution in [0.1, 0.15) is 11.3 Å². The molecule has 0 unspecified atom stereocenters. The Morgan fingerprint density at radius 3 is 2.27 bits per heavy atom. The Morgan fingerprint density at radius 1 is 0.818 bits per heavy atom. The van der Waals surface area contributed by atoms with Crippen LogP contribution in [0.5, 0.6) is 0 Å². The molecule has 1 aromatic heterocycles. The van der Waals surface area contributed by atoms with Crippen LogP contribution >= 0.6 is 0 Å². The van der Waals surface area contributed by atoms with Crippen LogP contribution in [-0.2, 0) is 6.54 Å². The molecule has 2 aromatic carbocycles. The van der Waals surface area contributed by atoms with E-state index in [0.29, 0.717) is 0 Å². The first kappa shape index (κ1) is 14.0. The highest BCUT2D eigenvalue weighted by atomic mass is 15.3. The van der Waals surface area contributed by atoms with E-state index in [4.69, 9.17) is 0 Å². The fourth-order valence-electron chi connectivity index (χ4n) is 2.22. The minimum absolute atomic E-state index is 0.828. The standard InChI is InChI=1S/C19H17N3/c1-3-9-17(10-4-1)16-22-14-8-7-13-19(22)15-20-21-18-11-5-2-6-12-18/h1-15H,16H2/p+1. The highest BCUT2D eigenvalue weighted by molar-refractivity contribution is 5.75. The summed E-state index contributed by atoms with van der Waals surface area (Å²) in [6.45, 7) is 0.828. The van der Waals surface area contributed by atoms with Crippen molar-refractivity contribution in [2.45, 2.75) is 6.54 Å². The van der Waals surface area contributed by atoms with Gasteiger partial charge in [-0.1, -0.05) is 48.5 Å². The van der Waals surface area contributed by atoms with Crippen molar-refractivity contribution in [2.24, 2.45) is 5.10 Å². The van der Waals surface area contributed by atoms with Gasteiger partial charge in [0.1, 0.15) is 6.21 Å². The van der Waals surface area contributed by atoms with Crippen molar-refractivity contribution in [3.8, 4) is 0 Å². The van der Waals surface area contributed by atoms with Crippen molar-refractivity contribution in [1.82, 2.24) is 0 Å². The summed E-state index contributed by atoms with van der Waals surface area (Å²) in [5.74, 6) is 0. The number of pyridine rings is 1.